The number of carboxylic acids is 1. The Morgan fingerprint density at radius 2 is 2.50 bits per heavy atom. The molecule has 1 aliphatic rings. The quantitative estimate of drug-likeness (QED) is 0.719. The van der Waals surface area contributed by atoms with E-state index < -0.39 is 12.0 Å². The van der Waals surface area contributed by atoms with Crippen LogP contribution in [0.4, 0.5) is 0 Å². The van der Waals surface area contributed by atoms with Gasteiger partial charge >= 0.3 is 5.97 Å². The fraction of sp³-hybridized carbons (Fsp3) is 0.636. The number of rotatable bonds is 5. The van der Waals surface area contributed by atoms with Gasteiger partial charge in [-0.05, 0) is 18.4 Å². The number of carbonyl (C=O) groups excluding carboxylic acids is 1. The second kappa shape index (κ2) is 5.80. The Labute approximate surface area is 99.4 Å². The third kappa shape index (κ3) is 2.92. The molecule has 4 nitrogen and oxygen atoms in total. The van der Waals surface area contributed by atoms with Crippen LogP contribution in [0.3, 0.4) is 0 Å². The smallest absolute Gasteiger partial charge is 0.326 e. The number of carbonyl (C=O) groups is 2. The van der Waals surface area contributed by atoms with Crippen molar-refractivity contribution in [3.05, 3.63) is 0 Å². The van der Waals surface area contributed by atoms with E-state index >= 15 is 0 Å². The Bertz CT molecular complexity index is 324. The Morgan fingerprint density at radius 1 is 1.81 bits per heavy atom. The van der Waals surface area contributed by atoms with Crippen molar-refractivity contribution in [3.8, 4) is 12.3 Å². The van der Waals surface area contributed by atoms with Crippen LogP contribution in [-0.2, 0) is 9.59 Å². The first-order chi connectivity index (χ1) is 7.60. The van der Waals surface area contributed by atoms with Crippen molar-refractivity contribution in [1.29, 1.82) is 0 Å². The molecule has 0 aliphatic carbocycles. The summed E-state index contributed by atoms with van der Waals surface area (Å²) in [5, 5.41) is 9.08. The molecule has 2 atom stereocenters. The molecule has 0 saturated carbocycles. The average Bonchev–Trinajstić information content (AvgIpc) is 2.60. The second-order valence-corrected chi connectivity index (χ2v) is 4.73. The number of likely N-dealkylation sites (tertiary alicyclic amines) is 1. The molecule has 1 saturated heterocycles. The van der Waals surface area contributed by atoms with Crippen LogP contribution in [-0.4, -0.2) is 46.5 Å². The standard InChI is InChI=1S/C11H15NO3S/c1-3-8-6-10(13)12(7-8)9(11(14)15)4-5-16-2/h1,8-9H,4-7H2,2H3,(H,14,15)/t8?,9-/m0/s1. The molecule has 0 bridgehead atoms. The van der Waals surface area contributed by atoms with E-state index in [2.05, 4.69) is 5.92 Å². The van der Waals surface area contributed by atoms with Crippen LogP contribution < -0.4 is 0 Å². The van der Waals surface area contributed by atoms with E-state index in [0.29, 0.717) is 13.0 Å². The van der Waals surface area contributed by atoms with Gasteiger partial charge in [0.15, 0.2) is 0 Å². The van der Waals surface area contributed by atoms with E-state index in [1.54, 1.807) is 11.8 Å². The van der Waals surface area contributed by atoms with Gasteiger partial charge < -0.3 is 10.0 Å². The van der Waals surface area contributed by atoms with Crippen LogP contribution >= 0.6 is 11.8 Å². The lowest BCUT2D eigenvalue weighted by atomic mass is 10.1. The second-order valence-electron chi connectivity index (χ2n) is 3.75. The summed E-state index contributed by atoms with van der Waals surface area (Å²) in [6.07, 6.45) is 7.91. The molecular weight excluding hydrogens is 226 g/mol. The highest BCUT2D eigenvalue weighted by molar-refractivity contribution is 7.98. The van der Waals surface area contributed by atoms with Crippen molar-refractivity contribution < 1.29 is 14.7 Å². The van der Waals surface area contributed by atoms with Crippen LogP contribution in [0.2, 0.25) is 0 Å². The van der Waals surface area contributed by atoms with Crippen molar-refractivity contribution in [3.63, 3.8) is 0 Å². The molecule has 1 rings (SSSR count). The first kappa shape index (κ1) is 12.9. The molecule has 16 heavy (non-hydrogen) atoms. The minimum atomic E-state index is -0.944. The molecule has 5 heteroatoms. The van der Waals surface area contributed by atoms with Crippen LogP contribution in [0, 0.1) is 18.3 Å². The lowest BCUT2D eigenvalue weighted by Crippen LogP contribution is -2.42. The van der Waals surface area contributed by atoms with E-state index in [1.165, 1.54) is 4.90 Å². The Morgan fingerprint density at radius 3 is 2.94 bits per heavy atom. The highest BCUT2D eigenvalue weighted by Crippen LogP contribution is 2.21. The number of carboxylic acid groups (broad SMARTS) is 1. The number of hydrogen-bond acceptors (Lipinski definition) is 3. The molecule has 0 radical (unpaired) electrons. The van der Waals surface area contributed by atoms with Crippen LogP contribution in [0.15, 0.2) is 0 Å². The predicted molar refractivity (Wildman–Crippen MR) is 63.1 cm³/mol. The van der Waals surface area contributed by atoms with Crippen molar-refractivity contribution in [1.82, 2.24) is 4.90 Å². The monoisotopic (exact) mass is 241 g/mol. The zero-order valence-electron chi connectivity index (χ0n) is 9.18. The third-order valence-corrected chi connectivity index (χ3v) is 3.29. The summed E-state index contributed by atoms with van der Waals surface area (Å²) in [5.41, 5.74) is 0. The molecule has 1 heterocycles. The van der Waals surface area contributed by atoms with E-state index in [4.69, 9.17) is 11.5 Å². The van der Waals surface area contributed by atoms with Gasteiger partial charge in [0.25, 0.3) is 0 Å². The van der Waals surface area contributed by atoms with Gasteiger partial charge in [-0.1, -0.05) is 0 Å². The largest absolute Gasteiger partial charge is 0.480 e. The van der Waals surface area contributed by atoms with E-state index in [9.17, 15) is 9.59 Å². The van der Waals surface area contributed by atoms with Crippen molar-refractivity contribution in [2.24, 2.45) is 5.92 Å². The lowest BCUT2D eigenvalue weighted by molar-refractivity contribution is -0.148. The maximum absolute atomic E-state index is 11.6. The Hall–Kier alpha value is -1.15. The van der Waals surface area contributed by atoms with Gasteiger partial charge in [-0.2, -0.15) is 11.8 Å². The maximum Gasteiger partial charge on any atom is 0.326 e. The molecule has 1 fully saturated rings. The van der Waals surface area contributed by atoms with Crippen LogP contribution in [0.5, 0.6) is 0 Å². The van der Waals surface area contributed by atoms with Crippen molar-refractivity contribution in [2.75, 3.05) is 18.6 Å². The van der Waals surface area contributed by atoms with Crippen LogP contribution in [0.1, 0.15) is 12.8 Å². The molecule has 0 aromatic heterocycles. The number of terminal acetylenes is 1. The summed E-state index contributed by atoms with van der Waals surface area (Å²) in [5.74, 6) is 2.02. The number of amides is 1. The first-order valence-electron chi connectivity index (χ1n) is 5.07. The SMILES string of the molecule is C#CC1CC(=O)N([C@@H](CCSC)C(=O)O)C1. The molecular formula is C11H15NO3S. The number of aliphatic carboxylic acids is 1. The summed E-state index contributed by atoms with van der Waals surface area (Å²) in [7, 11) is 0. The number of nitrogens with zero attached hydrogens (tertiary/aromatic N) is 1. The summed E-state index contributed by atoms with van der Waals surface area (Å²) in [4.78, 5) is 24.1. The van der Waals surface area contributed by atoms with E-state index in [1.807, 2.05) is 6.26 Å². The normalized spacial score (nSPS) is 21.9. The predicted octanol–water partition coefficient (Wildman–Crippen LogP) is 0.674. The van der Waals surface area contributed by atoms with Gasteiger partial charge in [-0.15, -0.1) is 12.3 Å². The minimum absolute atomic E-state index is 0.136. The van der Waals surface area contributed by atoms with E-state index in [-0.39, 0.29) is 18.2 Å². The number of thioether (sulfide) groups is 1. The topological polar surface area (TPSA) is 57.6 Å². The molecule has 1 N–H and O–H groups in total. The van der Waals surface area contributed by atoms with E-state index in [0.717, 1.165) is 5.75 Å². The van der Waals surface area contributed by atoms with Gasteiger partial charge in [0.05, 0.1) is 0 Å². The average molecular weight is 241 g/mol. The Balaban J connectivity index is 2.68. The summed E-state index contributed by atoms with van der Waals surface area (Å²) in [6, 6.07) is -0.724. The molecule has 0 spiro atoms. The molecule has 1 aliphatic heterocycles. The summed E-state index contributed by atoms with van der Waals surface area (Å²) >= 11 is 1.57. The molecule has 1 unspecified atom stereocenters. The molecule has 0 aromatic rings. The molecule has 0 aromatic carbocycles. The van der Waals surface area contributed by atoms with Gasteiger partial charge in [-0.25, -0.2) is 4.79 Å². The van der Waals surface area contributed by atoms with Crippen LogP contribution in [0.25, 0.3) is 0 Å². The molecule has 1 amide bonds. The minimum Gasteiger partial charge on any atom is -0.480 e. The maximum atomic E-state index is 11.6. The van der Waals surface area contributed by atoms with Gasteiger partial charge in [-0.3, -0.25) is 4.79 Å². The first-order valence-corrected chi connectivity index (χ1v) is 6.46. The molecule has 88 valence electrons. The Kier molecular flexibility index (Phi) is 4.69. The number of hydrogen-bond donors (Lipinski definition) is 1. The zero-order chi connectivity index (χ0) is 12.1. The van der Waals surface area contributed by atoms with Crippen molar-refractivity contribution >= 4 is 23.6 Å². The van der Waals surface area contributed by atoms with Crippen molar-refractivity contribution in [2.45, 2.75) is 18.9 Å². The third-order valence-electron chi connectivity index (χ3n) is 2.65. The highest BCUT2D eigenvalue weighted by atomic mass is 32.2. The van der Waals surface area contributed by atoms with Gasteiger partial charge in [0.2, 0.25) is 5.91 Å². The summed E-state index contributed by atoms with van der Waals surface area (Å²) < 4.78 is 0. The zero-order valence-corrected chi connectivity index (χ0v) is 10.00. The lowest BCUT2D eigenvalue weighted by Gasteiger charge is -2.23. The summed E-state index contributed by atoms with van der Waals surface area (Å²) in [6.45, 7) is 0.376. The van der Waals surface area contributed by atoms with Gasteiger partial charge in [0, 0.05) is 18.9 Å². The fourth-order valence-corrected chi connectivity index (χ4v) is 2.25. The fourth-order valence-electron chi connectivity index (χ4n) is 1.79. The van der Waals surface area contributed by atoms with Gasteiger partial charge in [0.1, 0.15) is 6.04 Å². The highest BCUT2D eigenvalue weighted by Gasteiger charge is 2.36.